The number of Topliss-reactive ketones (excluding diaryl/α,β-unsaturated/α-hetero) is 1. The zero-order chi connectivity index (χ0) is 12.1. The summed E-state index contributed by atoms with van der Waals surface area (Å²) in [6.45, 7) is 2.91. The van der Waals surface area contributed by atoms with Crippen LogP contribution in [0.5, 0.6) is 0 Å². The van der Waals surface area contributed by atoms with E-state index < -0.39 is 12.1 Å². The number of carboxylic acid groups (broad SMARTS) is 1. The summed E-state index contributed by atoms with van der Waals surface area (Å²) in [4.78, 5) is 19.5. The number of halogens is 3. The van der Waals surface area contributed by atoms with E-state index in [1.54, 1.807) is 0 Å². The van der Waals surface area contributed by atoms with Crippen molar-refractivity contribution in [2.75, 3.05) is 6.54 Å². The normalized spacial score (nSPS) is 21.6. The molecule has 0 aromatic rings. The third-order valence-electron chi connectivity index (χ3n) is 1.67. The first-order valence-corrected chi connectivity index (χ1v) is 4.28. The predicted molar refractivity (Wildman–Crippen MR) is 45.4 cm³/mol. The molecule has 2 N–H and O–H groups in total. The first kappa shape index (κ1) is 13.9. The molecular formula is C8H12F3NO3. The van der Waals surface area contributed by atoms with Gasteiger partial charge >= 0.3 is 12.1 Å². The third kappa shape index (κ3) is 6.89. The van der Waals surface area contributed by atoms with E-state index in [1.165, 1.54) is 0 Å². The minimum absolute atomic E-state index is 0.399. The smallest absolute Gasteiger partial charge is 0.475 e. The molecule has 1 atom stereocenters. The number of hydrogen-bond donors (Lipinski definition) is 2. The first-order chi connectivity index (χ1) is 6.73. The number of piperidine rings is 1. The Morgan fingerprint density at radius 3 is 2.20 bits per heavy atom. The zero-order valence-electron chi connectivity index (χ0n) is 8.10. The van der Waals surface area contributed by atoms with E-state index in [-0.39, 0.29) is 0 Å². The maximum Gasteiger partial charge on any atom is 0.490 e. The maximum absolute atomic E-state index is 10.6. The van der Waals surface area contributed by atoms with Crippen LogP contribution in [0.15, 0.2) is 0 Å². The van der Waals surface area contributed by atoms with Gasteiger partial charge in [-0.15, -0.1) is 0 Å². The maximum atomic E-state index is 10.6. The Morgan fingerprint density at radius 1 is 1.53 bits per heavy atom. The van der Waals surface area contributed by atoms with Gasteiger partial charge in [0, 0.05) is 25.4 Å². The number of aliphatic carboxylic acids is 1. The van der Waals surface area contributed by atoms with Gasteiger partial charge in [0.05, 0.1) is 0 Å². The summed E-state index contributed by atoms with van der Waals surface area (Å²) in [5, 5.41) is 10.3. The van der Waals surface area contributed by atoms with Crippen LogP contribution in [0, 0.1) is 0 Å². The van der Waals surface area contributed by atoms with E-state index in [0.717, 1.165) is 19.4 Å². The van der Waals surface area contributed by atoms with Gasteiger partial charge in [0.1, 0.15) is 5.78 Å². The van der Waals surface area contributed by atoms with Crippen LogP contribution >= 0.6 is 0 Å². The first-order valence-electron chi connectivity index (χ1n) is 4.28. The van der Waals surface area contributed by atoms with Crippen LogP contribution in [0.3, 0.4) is 0 Å². The van der Waals surface area contributed by atoms with Crippen molar-refractivity contribution in [1.29, 1.82) is 0 Å². The van der Waals surface area contributed by atoms with Crippen LogP contribution < -0.4 is 5.32 Å². The van der Waals surface area contributed by atoms with E-state index in [2.05, 4.69) is 5.32 Å². The topological polar surface area (TPSA) is 66.4 Å². The van der Waals surface area contributed by atoms with Gasteiger partial charge in [0.25, 0.3) is 0 Å². The van der Waals surface area contributed by atoms with Crippen LogP contribution in [0.2, 0.25) is 0 Å². The summed E-state index contributed by atoms with van der Waals surface area (Å²) in [6.07, 6.45) is -3.63. The number of ketones is 1. The summed E-state index contributed by atoms with van der Waals surface area (Å²) in [7, 11) is 0. The van der Waals surface area contributed by atoms with Gasteiger partial charge in [0.2, 0.25) is 0 Å². The number of hydrogen-bond acceptors (Lipinski definition) is 3. The molecule has 0 spiro atoms. The lowest BCUT2D eigenvalue weighted by atomic mass is 10.1. The minimum atomic E-state index is -5.08. The Balaban J connectivity index is 0.000000265. The molecule has 1 rings (SSSR count). The third-order valence-corrected chi connectivity index (χ3v) is 1.67. The lowest BCUT2D eigenvalue weighted by Crippen LogP contribution is -2.35. The van der Waals surface area contributed by atoms with E-state index >= 15 is 0 Å². The van der Waals surface area contributed by atoms with Crippen molar-refractivity contribution in [3.63, 3.8) is 0 Å². The fourth-order valence-electron chi connectivity index (χ4n) is 0.974. The summed E-state index contributed by atoms with van der Waals surface area (Å²) in [5.41, 5.74) is 0. The average molecular weight is 227 g/mol. The predicted octanol–water partition coefficient (Wildman–Crippen LogP) is 0.961. The standard InChI is InChI=1S/C6H11NO.C2HF3O2/c1-5-4-6(8)2-3-7-5;3-2(4,5)1(6)7/h5,7H,2-4H2,1H3;(H,6,7)/t5-;/m1./s1. The Bertz CT molecular complexity index is 240. The highest BCUT2D eigenvalue weighted by atomic mass is 19.4. The van der Waals surface area contributed by atoms with Gasteiger partial charge in [-0.3, -0.25) is 4.79 Å². The Labute approximate surface area is 84.5 Å². The molecular weight excluding hydrogens is 215 g/mol. The molecule has 0 amide bonds. The molecule has 15 heavy (non-hydrogen) atoms. The lowest BCUT2D eigenvalue weighted by Gasteiger charge is -2.17. The SMILES string of the molecule is C[C@@H]1CC(=O)CCN1.O=C(O)C(F)(F)F. The van der Waals surface area contributed by atoms with Crippen molar-refractivity contribution in [3.05, 3.63) is 0 Å². The van der Waals surface area contributed by atoms with E-state index in [4.69, 9.17) is 9.90 Å². The Hall–Kier alpha value is -1.11. The van der Waals surface area contributed by atoms with Crippen molar-refractivity contribution < 1.29 is 27.9 Å². The number of carboxylic acids is 1. The van der Waals surface area contributed by atoms with Crippen LogP contribution in [-0.4, -0.2) is 35.6 Å². The molecule has 1 aliphatic heterocycles. The number of carbonyl (C=O) groups is 2. The van der Waals surface area contributed by atoms with Crippen molar-refractivity contribution in [2.24, 2.45) is 0 Å². The van der Waals surface area contributed by atoms with Gasteiger partial charge in [-0.25, -0.2) is 4.79 Å². The average Bonchev–Trinajstić information content (AvgIpc) is 2.02. The van der Waals surface area contributed by atoms with Crippen LogP contribution in [0.4, 0.5) is 13.2 Å². The van der Waals surface area contributed by atoms with Crippen molar-refractivity contribution in [1.82, 2.24) is 5.32 Å². The monoisotopic (exact) mass is 227 g/mol. The molecule has 0 unspecified atom stereocenters. The molecule has 0 radical (unpaired) electrons. The fourth-order valence-corrected chi connectivity index (χ4v) is 0.974. The second-order valence-electron chi connectivity index (χ2n) is 3.15. The molecule has 1 aliphatic rings. The summed E-state index contributed by atoms with van der Waals surface area (Å²) in [6, 6.07) is 0.413. The highest BCUT2D eigenvalue weighted by molar-refractivity contribution is 5.79. The Kier molecular flexibility index (Phi) is 5.27. The minimum Gasteiger partial charge on any atom is -0.475 e. The summed E-state index contributed by atoms with van der Waals surface area (Å²) >= 11 is 0. The molecule has 1 fully saturated rings. The quantitative estimate of drug-likeness (QED) is 0.646. The largest absolute Gasteiger partial charge is 0.490 e. The van der Waals surface area contributed by atoms with E-state index in [9.17, 15) is 18.0 Å². The summed E-state index contributed by atoms with van der Waals surface area (Å²) < 4.78 is 31.7. The molecule has 0 aliphatic carbocycles. The molecule has 88 valence electrons. The van der Waals surface area contributed by atoms with Crippen LogP contribution in [0.25, 0.3) is 0 Å². The fraction of sp³-hybridized carbons (Fsp3) is 0.750. The van der Waals surface area contributed by atoms with Crippen molar-refractivity contribution in [2.45, 2.75) is 32.0 Å². The molecule has 7 heteroatoms. The van der Waals surface area contributed by atoms with Gasteiger partial charge in [-0.2, -0.15) is 13.2 Å². The Morgan fingerprint density at radius 2 is 2.00 bits per heavy atom. The van der Waals surface area contributed by atoms with Crippen LogP contribution in [-0.2, 0) is 9.59 Å². The van der Waals surface area contributed by atoms with Crippen LogP contribution in [0.1, 0.15) is 19.8 Å². The number of alkyl halides is 3. The van der Waals surface area contributed by atoms with E-state index in [0.29, 0.717) is 11.8 Å². The molecule has 0 aromatic heterocycles. The molecule has 0 aromatic carbocycles. The second kappa shape index (κ2) is 5.69. The van der Waals surface area contributed by atoms with Gasteiger partial charge in [-0.1, -0.05) is 0 Å². The number of carbonyl (C=O) groups excluding carboxylic acids is 1. The van der Waals surface area contributed by atoms with Gasteiger partial charge in [0.15, 0.2) is 0 Å². The molecule has 0 bridgehead atoms. The van der Waals surface area contributed by atoms with Gasteiger partial charge in [-0.05, 0) is 6.92 Å². The highest BCUT2D eigenvalue weighted by Gasteiger charge is 2.38. The van der Waals surface area contributed by atoms with Gasteiger partial charge < -0.3 is 10.4 Å². The lowest BCUT2D eigenvalue weighted by molar-refractivity contribution is -0.192. The van der Waals surface area contributed by atoms with E-state index in [1.807, 2.05) is 6.92 Å². The summed E-state index contributed by atoms with van der Waals surface area (Å²) in [5.74, 6) is -2.36. The molecule has 1 heterocycles. The van der Waals surface area contributed by atoms with Crippen molar-refractivity contribution in [3.8, 4) is 0 Å². The zero-order valence-corrected chi connectivity index (χ0v) is 8.10. The molecule has 4 nitrogen and oxygen atoms in total. The molecule has 0 saturated carbocycles. The highest BCUT2D eigenvalue weighted by Crippen LogP contribution is 2.13. The van der Waals surface area contributed by atoms with Crippen molar-refractivity contribution >= 4 is 11.8 Å². The number of nitrogens with one attached hydrogen (secondary N) is 1. The second-order valence-corrected chi connectivity index (χ2v) is 3.15. The number of rotatable bonds is 0. The molecule has 1 saturated heterocycles.